The number of aliphatic hydroxyl groups is 1. The molecule has 1 heterocycles. The summed E-state index contributed by atoms with van der Waals surface area (Å²) < 4.78 is 29.0. The fourth-order valence-electron chi connectivity index (χ4n) is 7.51. The number of rotatable bonds is 4. The predicted molar refractivity (Wildman–Crippen MR) is 132 cm³/mol. The Balaban J connectivity index is 2.05. The molecule has 3 aliphatic carbocycles. The average molecular weight is 533 g/mol. The lowest BCUT2D eigenvalue weighted by molar-refractivity contribution is -0.349. The lowest BCUT2D eigenvalue weighted by Gasteiger charge is -2.70. The van der Waals surface area contributed by atoms with Crippen LogP contribution in [-0.4, -0.2) is 59.0 Å². The molecule has 10 heteroatoms. The third kappa shape index (κ3) is 3.87. The van der Waals surface area contributed by atoms with Crippen molar-refractivity contribution in [3.8, 4) is 0 Å². The van der Waals surface area contributed by atoms with Crippen molar-refractivity contribution >= 4 is 29.5 Å². The monoisotopic (exact) mass is 532 g/mol. The molecule has 3 aliphatic rings. The smallest absolute Gasteiger partial charge is 0.303 e. The van der Waals surface area contributed by atoms with Crippen LogP contribution >= 0.6 is 0 Å². The van der Waals surface area contributed by atoms with Gasteiger partial charge in [-0.1, -0.05) is 27.4 Å². The molecule has 8 atom stereocenters. The van der Waals surface area contributed by atoms with Crippen LogP contribution in [0.4, 0.5) is 0 Å². The highest BCUT2D eigenvalue weighted by molar-refractivity contribution is 5.73. The highest BCUT2D eigenvalue weighted by atomic mass is 16.6. The van der Waals surface area contributed by atoms with Gasteiger partial charge in [0.2, 0.25) is 0 Å². The zero-order valence-electron chi connectivity index (χ0n) is 22.9. The zero-order valence-corrected chi connectivity index (χ0v) is 22.9. The van der Waals surface area contributed by atoms with Crippen molar-refractivity contribution < 1.29 is 47.6 Å². The van der Waals surface area contributed by atoms with Crippen LogP contribution in [0, 0.1) is 22.7 Å². The maximum Gasteiger partial charge on any atom is 0.303 e. The third-order valence-corrected chi connectivity index (χ3v) is 9.08. The molecule has 0 spiro atoms. The first-order valence-corrected chi connectivity index (χ1v) is 12.7. The summed E-state index contributed by atoms with van der Waals surface area (Å²) >= 11 is 0. The minimum Gasteiger partial charge on any atom is -0.469 e. The van der Waals surface area contributed by atoms with Gasteiger partial charge >= 0.3 is 23.9 Å². The van der Waals surface area contributed by atoms with Gasteiger partial charge in [-0.25, -0.2) is 0 Å². The van der Waals surface area contributed by atoms with Crippen LogP contribution in [0.1, 0.15) is 66.2 Å². The first kappa shape index (κ1) is 27.9. The number of fused-ring (bicyclic) bond motifs is 4. The first-order valence-electron chi connectivity index (χ1n) is 12.7. The van der Waals surface area contributed by atoms with Crippen molar-refractivity contribution in [2.75, 3.05) is 0 Å². The Morgan fingerprint density at radius 2 is 1.47 bits per heavy atom. The van der Waals surface area contributed by atoms with E-state index < -0.39 is 76.6 Å². The molecule has 0 bridgehead atoms. The first-order chi connectivity index (χ1) is 17.6. The summed E-state index contributed by atoms with van der Waals surface area (Å²) in [5.74, 6) is -3.02. The minimum atomic E-state index is -2.02. The Hall–Kier alpha value is -3.14. The van der Waals surface area contributed by atoms with Crippen molar-refractivity contribution in [1.82, 2.24) is 0 Å². The van der Waals surface area contributed by atoms with Crippen LogP contribution in [0.5, 0.6) is 0 Å². The van der Waals surface area contributed by atoms with Gasteiger partial charge in [0.25, 0.3) is 0 Å². The summed E-state index contributed by atoms with van der Waals surface area (Å²) in [6.45, 7) is 14.5. The van der Waals surface area contributed by atoms with E-state index in [2.05, 4.69) is 6.58 Å². The van der Waals surface area contributed by atoms with E-state index in [0.717, 1.165) is 5.56 Å². The maximum absolute atomic E-state index is 13.0. The fraction of sp³-hybridized carbons (Fsp3) is 0.643. The largest absolute Gasteiger partial charge is 0.469 e. The molecule has 2 fully saturated rings. The summed E-state index contributed by atoms with van der Waals surface area (Å²) in [4.78, 5) is 49.4. The van der Waals surface area contributed by atoms with Crippen LogP contribution in [0.15, 0.2) is 23.3 Å². The summed E-state index contributed by atoms with van der Waals surface area (Å²) in [6, 6.07) is 1.77. The van der Waals surface area contributed by atoms with Gasteiger partial charge in [0.1, 0.15) is 29.7 Å². The normalized spacial score (nSPS) is 37.1. The molecular weight excluding hydrogens is 496 g/mol. The van der Waals surface area contributed by atoms with E-state index >= 15 is 0 Å². The van der Waals surface area contributed by atoms with Gasteiger partial charge in [0.15, 0.2) is 6.10 Å². The molecule has 4 rings (SSSR count). The molecule has 0 amide bonds. The molecule has 1 N–H and O–H groups in total. The Bertz CT molecular complexity index is 1180. The van der Waals surface area contributed by atoms with E-state index in [0.29, 0.717) is 17.8 Å². The Labute approximate surface area is 221 Å². The average Bonchev–Trinajstić information content (AvgIpc) is 3.26. The molecule has 10 nitrogen and oxygen atoms in total. The molecule has 8 unspecified atom stereocenters. The van der Waals surface area contributed by atoms with Gasteiger partial charge in [-0.2, -0.15) is 0 Å². The second-order valence-corrected chi connectivity index (χ2v) is 11.4. The molecule has 0 aromatic carbocycles. The second-order valence-electron chi connectivity index (χ2n) is 11.4. The number of carbonyl (C=O) groups is 4. The van der Waals surface area contributed by atoms with E-state index in [9.17, 15) is 24.3 Å². The van der Waals surface area contributed by atoms with E-state index in [1.807, 2.05) is 0 Å². The van der Waals surface area contributed by atoms with Gasteiger partial charge < -0.3 is 28.5 Å². The van der Waals surface area contributed by atoms with Crippen molar-refractivity contribution in [2.24, 2.45) is 22.7 Å². The molecule has 1 aromatic rings. The number of hydrogen-bond donors (Lipinski definition) is 1. The zero-order chi connectivity index (χ0) is 28.4. The van der Waals surface area contributed by atoms with Crippen LogP contribution in [0.3, 0.4) is 0 Å². The standard InChI is InChI=1S/C28H36O10/c1-13-18-9-10-34-20(18)11-19-23(13)24(37-16(4)31)25(38-17(5)32)28(33)26(6,7)21(35-14(2)29)12-22(27(19,28)8)36-15(3)30/h9-10,19,21-25,33H,1,11-12H2,2-8H3. The van der Waals surface area contributed by atoms with Gasteiger partial charge in [0, 0.05) is 62.8 Å². The highest BCUT2D eigenvalue weighted by Crippen LogP contribution is 2.68. The highest BCUT2D eigenvalue weighted by Gasteiger charge is 2.79. The second kappa shape index (κ2) is 9.25. The Morgan fingerprint density at radius 3 is 2.03 bits per heavy atom. The number of ether oxygens (including phenoxy) is 4. The molecule has 38 heavy (non-hydrogen) atoms. The SMILES string of the molecule is C=C1c2ccoc2CC2C1C(OC(C)=O)C(OC(C)=O)C1(O)C(C)(C)C(OC(C)=O)CC(OC(C)=O)C21C. The van der Waals surface area contributed by atoms with Gasteiger partial charge in [-0.15, -0.1) is 0 Å². The summed E-state index contributed by atoms with van der Waals surface area (Å²) in [5, 5.41) is 13.0. The lowest BCUT2D eigenvalue weighted by atomic mass is 9.39. The number of esters is 4. The number of furan rings is 1. The molecular formula is C28H36O10. The van der Waals surface area contributed by atoms with Crippen molar-refractivity contribution in [1.29, 1.82) is 0 Å². The van der Waals surface area contributed by atoms with Gasteiger partial charge in [0.05, 0.1) is 6.26 Å². The molecule has 0 saturated heterocycles. The van der Waals surface area contributed by atoms with E-state index in [1.165, 1.54) is 34.0 Å². The van der Waals surface area contributed by atoms with Gasteiger partial charge in [-0.3, -0.25) is 19.2 Å². The molecule has 2 saturated carbocycles. The van der Waals surface area contributed by atoms with E-state index in [-0.39, 0.29) is 6.42 Å². The third-order valence-electron chi connectivity index (χ3n) is 9.08. The quantitative estimate of drug-likeness (QED) is 0.455. The Kier molecular flexibility index (Phi) is 6.79. The Morgan fingerprint density at radius 1 is 0.921 bits per heavy atom. The summed E-state index contributed by atoms with van der Waals surface area (Å²) in [7, 11) is 0. The van der Waals surface area contributed by atoms with E-state index in [1.54, 1.807) is 26.8 Å². The summed E-state index contributed by atoms with van der Waals surface area (Å²) in [5.41, 5.74) is -3.24. The van der Waals surface area contributed by atoms with Crippen LogP contribution in [0.2, 0.25) is 0 Å². The van der Waals surface area contributed by atoms with Crippen molar-refractivity contribution in [2.45, 2.75) is 91.3 Å². The number of carbonyl (C=O) groups excluding carboxylic acids is 4. The van der Waals surface area contributed by atoms with Crippen LogP contribution in [-0.2, 0) is 44.5 Å². The molecule has 0 aliphatic heterocycles. The maximum atomic E-state index is 13.0. The minimum absolute atomic E-state index is 0.0940. The predicted octanol–water partition coefficient (Wildman–Crippen LogP) is 2.99. The van der Waals surface area contributed by atoms with Crippen molar-refractivity contribution in [3.05, 3.63) is 30.2 Å². The molecule has 0 radical (unpaired) electrons. The van der Waals surface area contributed by atoms with Crippen molar-refractivity contribution in [3.63, 3.8) is 0 Å². The van der Waals surface area contributed by atoms with Gasteiger partial charge in [-0.05, 0) is 17.6 Å². The van der Waals surface area contributed by atoms with Crippen LogP contribution < -0.4 is 0 Å². The summed E-state index contributed by atoms with van der Waals surface area (Å²) in [6.07, 6.45) is -2.50. The number of hydrogen-bond acceptors (Lipinski definition) is 10. The van der Waals surface area contributed by atoms with E-state index in [4.69, 9.17) is 23.4 Å². The lowest BCUT2D eigenvalue weighted by Crippen LogP contribution is -2.82. The topological polar surface area (TPSA) is 139 Å². The molecule has 1 aromatic heterocycles. The molecule has 208 valence electrons. The van der Waals surface area contributed by atoms with Crippen LogP contribution in [0.25, 0.3) is 5.57 Å². The fourth-order valence-corrected chi connectivity index (χ4v) is 7.51.